The SMILES string of the molecule is CN1C(=O)N2CC(c3nc4cccnc4s3)=CC1C2. The van der Waals surface area contributed by atoms with E-state index < -0.39 is 0 Å². The van der Waals surface area contributed by atoms with Crippen LogP contribution >= 0.6 is 11.3 Å². The van der Waals surface area contributed by atoms with E-state index in [4.69, 9.17) is 0 Å². The summed E-state index contributed by atoms with van der Waals surface area (Å²) in [6.07, 6.45) is 3.95. The second-order valence-electron chi connectivity index (χ2n) is 4.88. The normalized spacial score (nSPS) is 22.3. The molecule has 2 aromatic rings. The molecule has 2 amide bonds. The zero-order valence-corrected chi connectivity index (χ0v) is 11.2. The van der Waals surface area contributed by atoms with Crippen LogP contribution in [0.3, 0.4) is 0 Å². The highest BCUT2D eigenvalue weighted by molar-refractivity contribution is 7.19. The molecule has 5 nitrogen and oxygen atoms in total. The number of amides is 2. The van der Waals surface area contributed by atoms with E-state index in [0.717, 1.165) is 27.5 Å². The van der Waals surface area contributed by atoms with Gasteiger partial charge in [-0.3, -0.25) is 0 Å². The monoisotopic (exact) mass is 272 g/mol. The Morgan fingerprint density at radius 1 is 1.47 bits per heavy atom. The lowest BCUT2D eigenvalue weighted by Gasteiger charge is -2.19. The largest absolute Gasteiger partial charge is 0.320 e. The van der Waals surface area contributed by atoms with Crippen molar-refractivity contribution < 1.29 is 4.79 Å². The van der Waals surface area contributed by atoms with E-state index in [2.05, 4.69) is 16.0 Å². The van der Waals surface area contributed by atoms with Gasteiger partial charge in [-0.2, -0.15) is 0 Å². The van der Waals surface area contributed by atoms with Crippen molar-refractivity contribution in [1.82, 2.24) is 19.8 Å². The van der Waals surface area contributed by atoms with Crippen LogP contribution in [-0.2, 0) is 0 Å². The van der Waals surface area contributed by atoms with E-state index >= 15 is 0 Å². The lowest BCUT2D eigenvalue weighted by atomic mass is 10.1. The Morgan fingerprint density at radius 3 is 3.16 bits per heavy atom. The van der Waals surface area contributed by atoms with Crippen molar-refractivity contribution in [2.45, 2.75) is 6.04 Å². The molecule has 1 unspecified atom stereocenters. The summed E-state index contributed by atoms with van der Waals surface area (Å²) in [5.41, 5.74) is 2.06. The van der Waals surface area contributed by atoms with Gasteiger partial charge in [-0.15, -0.1) is 0 Å². The van der Waals surface area contributed by atoms with Gasteiger partial charge in [0.15, 0.2) is 0 Å². The molecule has 4 heterocycles. The number of carbonyl (C=O) groups is 1. The number of rotatable bonds is 1. The highest BCUT2D eigenvalue weighted by Gasteiger charge is 2.37. The molecular weight excluding hydrogens is 260 g/mol. The fraction of sp³-hybridized carbons (Fsp3) is 0.308. The van der Waals surface area contributed by atoms with Crippen LogP contribution in [-0.4, -0.2) is 52.0 Å². The third-order valence-electron chi connectivity index (χ3n) is 3.67. The van der Waals surface area contributed by atoms with Crippen LogP contribution < -0.4 is 0 Å². The van der Waals surface area contributed by atoms with Gasteiger partial charge in [0.25, 0.3) is 0 Å². The van der Waals surface area contributed by atoms with Crippen LogP contribution in [0.15, 0.2) is 24.4 Å². The van der Waals surface area contributed by atoms with Crippen LogP contribution in [0.25, 0.3) is 15.9 Å². The Balaban J connectivity index is 1.77. The van der Waals surface area contributed by atoms with Crippen molar-refractivity contribution in [2.75, 3.05) is 20.1 Å². The topological polar surface area (TPSA) is 49.3 Å². The molecule has 0 aliphatic carbocycles. The Kier molecular flexibility index (Phi) is 2.17. The molecule has 1 atom stereocenters. The minimum Gasteiger partial charge on any atom is -0.319 e. The van der Waals surface area contributed by atoms with Gasteiger partial charge in [0, 0.05) is 25.4 Å². The van der Waals surface area contributed by atoms with Crippen molar-refractivity contribution in [1.29, 1.82) is 0 Å². The van der Waals surface area contributed by atoms with Crippen LogP contribution in [0.5, 0.6) is 0 Å². The number of aromatic nitrogens is 2. The highest BCUT2D eigenvalue weighted by atomic mass is 32.1. The van der Waals surface area contributed by atoms with Crippen molar-refractivity contribution in [3.8, 4) is 0 Å². The number of urea groups is 1. The van der Waals surface area contributed by atoms with Crippen molar-refractivity contribution >= 4 is 33.3 Å². The molecule has 2 aromatic heterocycles. The van der Waals surface area contributed by atoms with Crippen molar-refractivity contribution in [2.24, 2.45) is 0 Å². The molecule has 0 aromatic carbocycles. The van der Waals surface area contributed by atoms with E-state index in [9.17, 15) is 4.79 Å². The third kappa shape index (κ3) is 1.56. The van der Waals surface area contributed by atoms with Gasteiger partial charge >= 0.3 is 6.03 Å². The molecule has 0 saturated carbocycles. The predicted molar refractivity (Wildman–Crippen MR) is 73.9 cm³/mol. The smallest absolute Gasteiger partial charge is 0.319 e. The van der Waals surface area contributed by atoms with Crippen LogP contribution in [0.1, 0.15) is 5.01 Å². The molecule has 0 spiro atoms. The van der Waals surface area contributed by atoms with Gasteiger partial charge in [-0.25, -0.2) is 14.8 Å². The summed E-state index contributed by atoms with van der Waals surface area (Å²) in [5, 5.41) is 0.978. The summed E-state index contributed by atoms with van der Waals surface area (Å²) >= 11 is 1.59. The van der Waals surface area contributed by atoms with E-state index in [1.54, 1.807) is 22.4 Å². The Bertz CT molecular complexity index is 674. The average molecular weight is 272 g/mol. The summed E-state index contributed by atoms with van der Waals surface area (Å²) in [7, 11) is 1.85. The lowest BCUT2D eigenvalue weighted by Crippen LogP contribution is -2.30. The predicted octanol–water partition coefficient (Wildman–Crippen LogP) is 1.82. The minimum atomic E-state index is 0.107. The van der Waals surface area contributed by atoms with Crippen LogP contribution in [0.2, 0.25) is 0 Å². The molecule has 1 saturated heterocycles. The Labute approximate surface area is 114 Å². The Morgan fingerprint density at radius 2 is 2.37 bits per heavy atom. The number of carbonyl (C=O) groups excluding carboxylic acids is 1. The molecule has 96 valence electrons. The molecule has 0 radical (unpaired) electrons. The first-order valence-corrected chi connectivity index (χ1v) is 6.98. The third-order valence-corrected chi connectivity index (χ3v) is 4.73. The standard InChI is InChI=1S/C13H12N4OS/c1-16-9-5-8(6-17(7-9)13(16)18)11-15-10-3-2-4-14-12(10)19-11/h2-5,9H,6-7H2,1H3. The van der Waals surface area contributed by atoms with Gasteiger partial charge < -0.3 is 9.80 Å². The van der Waals surface area contributed by atoms with Crippen molar-refractivity contribution in [3.05, 3.63) is 29.4 Å². The minimum absolute atomic E-state index is 0.107. The van der Waals surface area contributed by atoms with Crippen LogP contribution in [0.4, 0.5) is 4.79 Å². The second kappa shape index (κ2) is 3.77. The summed E-state index contributed by atoms with van der Waals surface area (Å²) in [6.45, 7) is 1.45. The van der Waals surface area contributed by atoms with E-state index in [0.29, 0.717) is 6.54 Å². The second-order valence-corrected chi connectivity index (χ2v) is 5.86. The molecule has 2 aliphatic heterocycles. The number of fused-ring (bicyclic) bond motifs is 3. The van der Waals surface area contributed by atoms with E-state index in [-0.39, 0.29) is 12.1 Å². The van der Waals surface area contributed by atoms with Gasteiger partial charge in [-0.1, -0.05) is 17.4 Å². The number of thiazole rings is 1. The number of nitrogens with zero attached hydrogens (tertiary/aromatic N) is 4. The zero-order valence-electron chi connectivity index (χ0n) is 10.4. The molecule has 1 fully saturated rings. The maximum Gasteiger partial charge on any atom is 0.320 e. The molecule has 2 bridgehead atoms. The fourth-order valence-corrected chi connectivity index (χ4v) is 3.55. The first-order valence-electron chi connectivity index (χ1n) is 6.17. The van der Waals surface area contributed by atoms with Gasteiger partial charge in [0.1, 0.15) is 15.4 Å². The maximum atomic E-state index is 11.9. The Hall–Kier alpha value is -1.95. The molecule has 19 heavy (non-hydrogen) atoms. The first kappa shape index (κ1) is 10.9. The number of hydrogen-bond donors (Lipinski definition) is 0. The molecule has 2 aliphatic rings. The molecular formula is C13H12N4OS. The van der Waals surface area contributed by atoms with E-state index in [1.807, 2.05) is 24.1 Å². The van der Waals surface area contributed by atoms with Gasteiger partial charge in [-0.05, 0) is 12.1 Å². The summed E-state index contributed by atoms with van der Waals surface area (Å²) in [6, 6.07) is 4.15. The average Bonchev–Trinajstić information content (AvgIpc) is 2.95. The zero-order chi connectivity index (χ0) is 13.0. The number of pyridine rings is 1. The highest BCUT2D eigenvalue weighted by Crippen LogP contribution is 2.31. The summed E-state index contributed by atoms with van der Waals surface area (Å²) in [4.78, 5) is 25.5. The summed E-state index contributed by atoms with van der Waals surface area (Å²) < 4.78 is 0. The quantitative estimate of drug-likeness (QED) is 0.795. The fourth-order valence-electron chi connectivity index (χ4n) is 2.62. The summed E-state index contributed by atoms with van der Waals surface area (Å²) in [5.74, 6) is 0. The maximum absolute atomic E-state index is 11.9. The van der Waals surface area contributed by atoms with Crippen LogP contribution in [0, 0.1) is 0 Å². The van der Waals surface area contributed by atoms with Gasteiger partial charge in [0.2, 0.25) is 0 Å². The van der Waals surface area contributed by atoms with Gasteiger partial charge in [0.05, 0.1) is 12.6 Å². The molecule has 0 N–H and O–H groups in total. The molecule has 6 heteroatoms. The van der Waals surface area contributed by atoms with E-state index in [1.165, 1.54) is 0 Å². The lowest BCUT2D eigenvalue weighted by molar-refractivity contribution is 0.202. The molecule has 4 rings (SSSR count). The first-order chi connectivity index (χ1) is 9.22. The number of hydrogen-bond acceptors (Lipinski definition) is 4. The number of likely N-dealkylation sites (N-methyl/N-ethyl adjacent to an activating group) is 1. The van der Waals surface area contributed by atoms with Crippen molar-refractivity contribution in [3.63, 3.8) is 0 Å².